The first-order valence-corrected chi connectivity index (χ1v) is 7.40. The van der Waals surface area contributed by atoms with E-state index in [1.807, 2.05) is 0 Å². The number of amidine groups is 1. The first-order chi connectivity index (χ1) is 10.7. The molecule has 8 N–H and O–H groups in total. The zero-order valence-electron chi connectivity index (χ0n) is 12.0. The lowest BCUT2D eigenvalue weighted by atomic mass is 9.97. The summed E-state index contributed by atoms with van der Waals surface area (Å²) in [7, 11) is 0. The molecule has 0 fully saturated rings. The third kappa shape index (κ3) is 2.32. The smallest absolute Gasteiger partial charge is 0.309 e. The molecule has 3 rings (SSSR count). The predicted octanol–water partition coefficient (Wildman–Crippen LogP) is -2.20. The van der Waals surface area contributed by atoms with Gasteiger partial charge in [0.2, 0.25) is 0 Å². The Morgan fingerprint density at radius 1 is 1.22 bits per heavy atom. The molecule has 0 spiro atoms. The summed E-state index contributed by atoms with van der Waals surface area (Å²) in [6.45, 7) is 1.28. The fourth-order valence-corrected chi connectivity index (χ4v) is 3.09. The summed E-state index contributed by atoms with van der Waals surface area (Å²) in [6, 6.07) is -0.458. The van der Waals surface area contributed by atoms with Crippen molar-refractivity contribution in [3.05, 3.63) is 17.5 Å². The number of thiol groups is 1. The van der Waals surface area contributed by atoms with E-state index in [4.69, 9.17) is 0 Å². The van der Waals surface area contributed by atoms with E-state index in [1.54, 1.807) is 0 Å². The van der Waals surface area contributed by atoms with Crippen LogP contribution >= 0.6 is 12.6 Å². The Morgan fingerprint density at radius 2 is 1.87 bits per heavy atom. The Kier molecular flexibility index (Phi) is 3.84. The summed E-state index contributed by atoms with van der Waals surface area (Å²) in [4.78, 5) is 6.42. The number of nitrogens with zero attached hydrogens (tertiary/aromatic N) is 2. The molecule has 6 atom stereocenters. The van der Waals surface area contributed by atoms with Gasteiger partial charge in [0.25, 0.3) is 5.85 Å². The van der Waals surface area contributed by atoms with Crippen molar-refractivity contribution in [3.63, 3.8) is 0 Å². The Hall–Kier alpha value is -1.34. The second-order valence-corrected chi connectivity index (χ2v) is 6.21. The molecule has 0 saturated heterocycles. The monoisotopic (exact) mass is 346 g/mol. The van der Waals surface area contributed by atoms with Crippen LogP contribution in [0.15, 0.2) is 11.2 Å². The molecule has 1 aromatic rings. The van der Waals surface area contributed by atoms with E-state index in [2.05, 4.69) is 28.0 Å². The number of hydrogen-bond donors (Lipinski definition) is 9. The maximum atomic E-state index is 10.2. The second kappa shape index (κ2) is 5.34. The number of nitrogens with one attached hydrogen (secondary N) is 2. The van der Waals surface area contributed by atoms with Crippen LogP contribution in [0.3, 0.4) is 0 Å². The summed E-state index contributed by atoms with van der Waals surface area (Å²) in [6.07, 6.45) is -4.51. The topological polar surface area (TPSA) is 165 Å². The van der Waals surface area contributed by atoms with E-state index in [1.165, 1.54) is 13.1 Å². The molecule has 2 bridgehead atoms. The molecule has 11 heteroatoms. The van der Waals surface area contributed by atoms with E-state index in [9.17, 15) is 30.6 Å². The molecule has 2 aliphatic heterocycles. The van der Waals surface area contributed by atoms with Gasteiger partial charge in [0.1, 0.15) is 17.9 Å². The summed E-state index contributed by atoms with van der Waals surface area (Å²) in [5.41, 5.74) is 3.47. The number of aliphatic hydroxyl groups excluding tert-OH is 5. The molecule has 10 nitrogen and oxygen atoms in total. The molecule has 1 aromatic heterocycles. The van der Waals surface area contributed by atoms with Crippen LogP contribution in [0.25, 0.3) is 0 Å². The minimum atomic E-state index is -1.83. The van der Waals surface area contributed by atoms with Gasteiger partial charge in [0.05, 0.1) is 23.1 Å². The molecule has 128 valence electrons. The molecule has 0 aliphatic carbocycles. The molecule has 0 aromatic carbocycles. The average molecular weight is 346 g/mol. The van der Waals surface area contributed by atoms with E-state index in [-0.39, 0.29) is 5.69 Å². The lowest BCUT2D eigenvalue weighted by molar-refractivity contribution is -0.0998. The zero-order chi connectivity index (χ0) is 17.1. The quantitative estimate of drug-likeness (QED) is 0.271. The summed E-state index contributed by atoms with van der Waals surface area (Å²) in [5.74, 6) is -1.83. The van der Waals surface area contributed by atoms with Gasteiger partial charge in [0, 0.05) is 11.8 Å². The number of anilines is 1. The van der Waals surface area contributed by atoms with Crippen LogP contribution in [0.5, 0.6) is 0 Å². The van der Waals surface area contributed by atoms with Crippen molar-refractivity contribution in [2.24, 2.45) is 4.99 Å². The molecule has 23 heavy (non-hydrogen) atoms. The SMILES string of the molecule is CC(O)[C@@H](O)[C@@H](O)[C@@H](O)[C@@H](S)c1c[nH]c2c1N1NC2(O)N=C1O. The highest BCUT2D eigenvalue weighted by molar-refractivity contribution is 7.80. The molecule has 0 radical (unpaired) electrons. The fraction of sp³-hybridized carbons (Fsp3) is 0.583. The molecular formula is C12H18N4O6S. The van der Waals surface area contributed by atoms with E-state index in [0.717, 1.165) is 5.01 Å². The van der Waals surface area contributed by atoms with Crippen molar-refractivity contribution >= 4 is 24.3 Å². The lowest BCUT2D eigenvalue weighted by Gasteiger charge is -2.29. The maximum Gasteiger partial charge on any atom is 0.309 e. The molecule has 2 aliphatic rings. The van der Waals surface area contributed by atoms with E-state index >= 15 is 0 Å². The van der Waals surface area contributed by atoms with Crippen LogP contribution in [0.1, 0.15) is 23.4 Å². The number of H-pyrrole nitrogens is 1. The van der Waals surface area contributed by atoms with Gasteiger partial charge in [-0.3, -0.25) is 0 Å². The van der Waals surface area contributed by atoms with Crippen molar-refractivity contribution < 1.29 is 30.6 Å². The average Bonchev–Trinajstić information content (AvgIpc) is 3.12. The number of rotatable bonds is 5. The summed E-state index contributed by atoms with van der Waals surface area (Å²) in [5, 5.41) is 59.2. The van der Waals surface area contributed by atoms with Crippen LogP contribution < -0.4 is 10.4 Å². The Bertz CT molecular complexity index is 651. The number of aromatic amines is 1. The highest BCUT2D eigenvalue weighted by atomic mass is 32.1. The number of aliphatic imine (C=N–C) groups is 1. The number of fused-ring (bicyclic) bond motifs is 5. The molecular weight excluding hydrogens is 328 g/mol. The first kappa shape index (κ1) is 16.5. The highest BCUT2D eigenvalue weighted by Crippen LogP contribution is 2.46. The second-order valence-electron chi connectivity index (χ2n) is 5.66. The zero-order valence-corrected chi connectivity index (χ0v) is 12.9. The largest absolute Gasteiger partial charge is 0.479 e. The van der Waals surface area contributed by atoms with Crippen LogP contribution in [0, 0.1) is 0 Å². The van der Waals surface area contributed by atoms with Crippen molar-refractivity contribution in [1.82, 2.24) is 10.4 Å². The first-order valence-electron chi connectivity index (χ1n) is 6.88. The van der Waals surface area contributed by atoms with Crippen LogP contribution in [0.2, 0.25) is 0 Å². The van der Waals surface area contributed by atoms with Crippen LogP contribution in [-0.4, -0.2) is 66.1 Å². The number of hydrazine groups is 1. The van der Waals surface area contributed by atoms with Gasteiger partial charge in [-0.1, -0.05) is 0 Å². The van der Waals surface area contributed by atoms with Crippen molar-refractivity contribution in [2.75, 3.05) is 5.01 Å². The number of aromatic nitrogens is 1. The third-order valence-electron chi connectivity index (χ3n) is 4.02. The normalized spacial score (nSPS) is 29.0. The van der Waals surface area contributed by atoms with Gasteiger partial charge in [-0.15, -0.1) is 0 Å². The molecule has 2 unspecified atom stereocenters. The lowest BCUT2D eigenvalue weighted by Crippen LogP contribution is -2.45. The third-order valence-corrected chi connectivity index (χ3v) is 4.60. The minimum Gasteiger partial charge on any atom is -0.479 e. The minimum absolute atomic E-state index is 0.252. The van der Waals surface area contributed by atoms with E-state index < -0.39 is 41.5 Å². The van der Waals surface area contributed by atoms with E-state index in [0.29, 0.717) is 11.3 Å². The summed E-state index contributed by atoms with van der Waals surface area (Å²) >= 11 is 4.25. The molecule has 0 saturated carbocycles. The van der Waals surface area contributed by atoms with Crippen LogP contribution in [0.4, 0.5) is 5.69 Å². The predicted molar refractivity (Wildman–Crippen MR) is 81.8 cm³/mol. The highest BCUT2D eigenvalue weighted by Gasteiger charge is 2.52. The Labute approximate surface area is 136 Å². The van der Waals surface area contributed by atoms with Crippen LogP contribution in [-0.2, 0) is 5.85 Å². The molecule has 0 amide bonds. The number of aliphatic hydroxyl groups is 6. The summed E-state index contributed by atoms with van der Waals surface area (Å²) < 4.78 is 0. The van der Waals surface area contributed by atoms with Gasteiger partial charge >= 0.3 is 6.02 Å². The molecule has 3 heterocycles. The van der Waals surface area contributed by atoms with Crippen molar-refractivity contribution in [2.45, 2.75) is 42.4 Å². The van der Waals surface area contributed by atoms with Gasteiger partial charge in [-0.05, 0) is 6.92 Å². The maximum absolute atomic E-state index is 10.2. The van der Waals surface area contributed by atoms with Gasteiger partial charge in [0.15, 0.2) is 0 Å². The van der Waals surface area contributed by atoms with Crippen molar-refractivity contribution in [1.29, 1.82) is 0 Å². The van der Waals surface area contributed by atoms with Gasteiger partial charge < -0.3 is 35.6 Å². The number of hydrogen-bond acceptors (Lipinski definition) is 9. The Balaban J connectivity index is 1.88. The Morgan fingerprint density at radius 3 is 2.48 bits per heavy atom. The van der Waals surface area contributed by atoms with Crippen molar-refractivity contribution in [3.8, 4) is 0 Å². The van der Waals surface area contributed by atoms with Gasteiger partial charge in [-0.2, -0.15) is 23.0 Å². The standard InChI is InChI=1S/C12H18N4O6S/c1-3(17)6(18)7(19)8(20)9(23)4-2-13-10-5(4)16-11(21)14-12(10,22)15-16/h2-3,6-9,13,15,17-20,22-23H,1H3,(H,14,21)/t3?,6-,7-,8-,9+,12?/m1/s1. The fourth-order valence-electron chi connectivity index (χ4n) is 2.71. The van der Waals surface area contributed by atoms with Gasteiger partial charge in [-0.25, -0.2) is 5.01 Å².